The molecular formula is C36H38N2O6S. The van der Waals surface area contributed by atoms with Crippen molar-refractivity contribution >= 4 is 23.8 Å². The van der Waals surface area contributed by atoms with Gasteiger partial charge in [-0.3, -0.25) is 0 Å². The summed E-state index contributed by atoms with van der Waals surface area (Å²) in [6.45, 7) is 4.93. The fourth-order valence-electron chi connectivity index (χ4n) is 5.35. The number of amides is 2. The van der Waals surface area contributed by atoms with Crippen molar-refractivity contribution in [2.24, 2.45) is 5.92 Å². The molecule has 0 saturated carbocycles. The van der Waals surface area contributed by atoms with E-state index < -0.39 is 12.3 Å². The second-order valence-corrected chi connectivity index (χ2v) is 12.0. The Morgan fingerprint density at radius 2 is 1.56 bits per heavy atom. The molecule has 1 aliphatic rings. The molecule has 1 saturated heterocycles. The van der Waals surface area contributed by atoms with Gasteiger partial charge in [0.05, 0.1) is 24.4 Å². The average Bonchev–Trinajstić information content (AvgIpc) is 3.07. The quantitative estimate of drug-likeness (QED) is 0.133. The van der Waals surface area contributed by atoms with E-state index in [1.807, 2.05) is 85.8 Å². The second-order valence-electron chi connectivity index (χ2n) is 11.0. The SMILES string of the molecule is CCNC(=O)NCc1cccc(-c2ccc([C@@H]3O[C@H](CSc4ccccc4C(=O)O)[C@H](C)[C@H](c4ccc(CO)cc4)O3)cc2)c1. The lowest BCUT2D eigenvalue weighted by Crippen LogP contribution is -2.38. The number of carbonyl (C=O) groups is 2. The van der Waals surface area contributed by atoms with Crippen LogP contribution < -0.4 is 10.6 Å². The van der Waals surface area contributed by atoms with Crippen LogP contribution >= 0.6 is 11.8 Å². The molecule has 1 fully saturated rings. The van der Waals surface area contributed by atoms with Crippen LogP contribution in [0.15, 0.2) is 102 Å². The van der Waals surface area contributed by atoms with Crippen molar-refractivity contribution in [3.8, 4) is 11.1 Å². The van der Waals surface area contributed by atoms with Crippen molar-refractivity contribution in [1.82, 2.24) is 10.6 Å². The van der Waals surface area contributed by atoms with E-state index in [1.54, 1.807) is 12.1 Å². The Hall–Kier alpha value is -4.15. The maximum Gasteiger partial charge on any atom is 0.336 e. The molecule has 0 radical (unpaired) electrons. The van der Waals surface area contributed by atoms with Crippen molar-refractivity contribution in [1.29, 1.82) is 0 Å². The number of carboxylic acids is 1. The number of rotatable bonds is 11. The van der Waals surface area contributed by atoms with Crippen LogP contribution in [0.4, 0.5) is 4.79 Å². The predicted octanol–water partition coefficient (Wildman–Crippen LogP) is 6.95. The van der Waals surface area contributed by atoms with Crippen molar-refractivity contribution in [2.45, 2.75) is 50.4 Å². The van der Waals surface area contributed by atoms with Gasteiger partial charge in [-0.25, -0.2) is 9.59 Å². The maximum atomic E-state index is 11.8. The summed E-state index contributed by atoms with van der Waals surface area (Å²) in [5.74, 6) is -0.436. The maximum absolute atomic E-state index is 11.8. The van der Waals surface area contributed by atoms with Crippen LogP contribution in [0, 0.1) is 5.92 Å². The van der Waals surface area contributed by atoms with Gasteiger partial charge in [0, 0.05) is 35.2 Å². The number of urea groups is 1. The highest BCUT2D eigenvalue weighted by molar-refractivity contribution is 7.99. The van der Waals surface area contributed by atoms with E-state index in [9.17, 15) is 19.8 Å². The molecule has 1 aliphatic heterocycles. The van der Waals surface area contributed by atoms with Crippen molar-refractivity contribution in [3.63, 3.8) is 0 Å². The third-order valence-corrected chi connectivity index (χ3v) is 9.04. The summed E-state index contributed by atoms with van der Waals surface area (Å²) < 4.78 is 13.2. The number of carbonyl (C=O) groups excluding carboxylic acids is 1. The molecule has 8 nitrogen and oxygen atoms in total. The summed E-state index contributed by atoms with van der Waals surface area (Å²) in [5.41, 5.74) is 6.01. The first-order valence-electron chi connectivity index (χ1n) is 15.0. The van der Waals surface area contributed by atoms with E-state index in [0.717, 1.165) is 33.4 Å². The highest BCUT2D eigenvalue weighted by atomic mass is 32.2. The lowest BCUT2D eigenvalue weighted by molar-refractivity contribution is -0.268. The average molecular weight is 627 g/mol. The molecule has 0 bridgehead atoms. The molecule has 2 amide bonds. The molecule has 5 rings (SSSR count). The summed E-state index contributed by atoms with van der Waals surface area (Å²) in [6.07, 6.45) is -1.14. The van der Waals surface area contributed by atoms with E-state index in [2.05, 4.69) is 23.6 Å². The largest absolute Gasteiger partial charge is 0.478 e. The van der Waals surface area contributed by atoms with Gasteiger partial charge in [0.1, 0.15) is 0 Å². The number of benzene rings is 4. The number of hydrogen-bond acceptors (Lipinski definition) is 6. The number of aromatic carboxylic acids is 1. The van der Waals surface area contributed by atoms with Crippen molar-refractivity contribution in [2.75, 3.05) is 12.3 Å². The van der Waals surface area contributed by atoms with Crippen LogP contribution in [0.25, 0.3) is 11.1 Å². The van der Waals surface area contributed by atoms with Gasteiger partial charge in [-0.2, -0.15) is 0 Å². The first-order chi connectivity index (χ1) is 21.9. The number of nitrogens with one attached hydrogen (secondary N) is 2. The number of thioether (sulfide) groups is 1. The standard InChI is InChI=1S/C36H38N2O6S/c1-3-37-36(42)38-20-25-7-6-8-29(19-25)26-15-17-28(18-16-26)35-43-31(22-45-32-10-5-4-9-30(32)34(40)41)23(2)33(44-35)27-13-11-24(21-39)12-14-27/h4-19,23,31,33,35,39H,3,20-22H2,1-2H3,(H,40,41)(H2,37,38,42)/t23-,31+,33+,35+/m0/s1. The van der Waals surface area contributed by atoms with E-state index in [0.29, 0.717) is 23.7 Å². The second kappa shape index (κ2) is 15.2. The zero-order valence-electron chi connectivity index (χ0n) is 25.3. The monoisotopic (exact) mass is 626 g/mol. The third kappa shape index (κ3) is 8.12. The molecule has 4 atom stereocenters. The molecule has 0 unspecified atom stereocenters. The van der Waals surface area contributed by atoms with Gasteiger partial charge >= 0.3 is 12.0 Å². The predicted molar refractivity (Wildman–Crippen MR) is 175 cm³/mol. The smallest absolute Gasteiger partial charge is 0.336 e. The molecule has 234 valence electrons. The Labute approximate surface area is 267 Å². The van der Waals surface area contributed by atoms with Gasteiger partial charge in [0.2, 0.25) is 0 Å². The molecule has 4 aromatic rings. The number of aliphatic hydroxyl groups excluding tert-OH is 1. The molecule has 9 heteroatoms. The summed E-state index contributed by atoms with van der Waals surface area (Å²) in [4.78, 5) is 24.3. The zero-order chi connectivity index (χ0) is 31.8. The van der Waals surface area contributed by atoms with Crippen molar-refractivity contribution in [3.05, 3.63) is 125 Å². The Balaban J connectivity index is 1.36. The first kappa shape index (κ1) is 32.2. The van der Waals surface area contributed by atoms with E-state index in [4.69, 9.17) is 9.47 Å². The van der Waals surface area contributed by atoms with Gasteiger partial charge in [-0.15, -0.1) is 11.8 Å². The van der Waals surface area contributed by atoms with Crippen LogP contribution in [0.5, 0.6) is 0 Å². The van der Waals surface area contributed by atoms with Crippen LogP contribution in [-0.2, 0) is 22.6 Å². The first-order valence-corrected chi connectivity index (χ1v) is 16.0. The normalized spacial score (nSPS) is 19.5. The van der Waals surface area contributed by atoms with Gasteiger partial charge in [0.15, 0.2) is 6.29 Å². The molecule has 0 spiro atoms. The van der Waals surface area contributed by atoms with Crippen molar-refractivity contribution < 1.29 is 29.3 Å². The molecule has 1 heterocycles. The fourth-order valence-corrected chi connectivity index (χ4v) is 6.56. The summed E-state index contributed by atoms with van der Waals surface area (Å²) in [7, 11) is 0. The van der Waals surface area contributed by atoms with E-state index in [-0.39, 0.29) is 36.3 Å². The third-order valence-electron chi connectivity index (χ3n) is 7.88. The number of carboxylic acid groups (broad SMARTS) is 1. The zero-order valence-corrected chi connectivity index (χ0v) is 26.1. The molecule has 0 aromatic heterocycles. The van der Waals surface area contributed by atoms with Crippen LogP contribution in [-0.4, -0.2) is 40.6 Å². The minimum atomic E-state index is -0.956. The highest BCUT2D eigenvalue weighted by Crippen LogP contribution is 2.43. The minimum absolute atomic E-state index is 0.0271. The molecule has 0 aliphatic carbocycles. The number of aliphatic hydroxyl groups is 1. The van der Waals surface area contributed by atoms with Crippen LogP contribution in [0.3, 0.4) is 0 Å². The Morgan fingerprint density at radius 1 is 0.822 bits per heavy atom. The summed E-state index contributed by atoms with van der Waals surface area (Å²) in [5, 5.41) is 24.8. The van der Waals surface area contributed by atoms with E-state index in [1.165, 1.54) is 11.8 Å². The van der Waals surface area contributed by atoms with Gasteiger partial charge in [-0.05, 0) is 52.9 Å². The lowest BCUT2D eigenvalue weighted by Gasteiger charge is -2.41. The van der Waals surface area contributed by atoms with E-state index >= 15 is 0 Å². The topological polar surface area (TPSA) is 117 Å². The van der Waals surface area contributed by atoms with Crippen LogP contribution in [0.1, 0.15) is 58.9 Å². The Morgan fingerprint density at radius 3 is 2.27 bits per heavy atom. The lowest BCUT2D eigenvalue weighted by atomic mass is 9.91. The fraction of sp³-hybridized carbons (Fsp3) is 0.278. The highest BCUT2D eigenvalue weighted by Gasteiger charge is 2.38. The van der Waals surface area contributed by atoms with Gasteiger partial charge in [-0.1, -0.05) is 85.8 Å². The number of hydrogen-bond donors (Lipinski definition) is 4. The molecular weight excluding hydrogens is 588 g/mol. The summed E-state index contributed by atoms with van der Waals surface area (Å²) in [6, 6.07) is 30.7. The minimum Gasteiger partial charge on any atom is -0.478 e. The Bertz CT molecular complexity index is 1590. The molecule has 4 N–H and O–H groups in total. The molecule has 4 aromatic carbocycles. The van der Waals surface area contributed by atoms with Gasteiger partial charge < -0.3 is 30.3 Å². The van der Waals surface area contributed by atoms with Crippen LogP contribution in [0.2, 0.25) is 0 Å². The Kier molecular flexibility index (Phi) is 10.9. The molecule has 45 heavy (non-hydrogen) atoms. The number of ether oxygens (including phenoxy) is 2. The van der Waals surface area contributed by atoms with Gasteiger partial charge in [0.25, 0.3) is 0 Å². The summed E-state index contributed by atoms with van der Waals surface area (Å²) >= 11 is 1.47.